The Morgan fingerprint density at radius 1 is 1.31 bits per heavy atom. The second kappa shape index (κ2) is 4.97. The van der Waals surface area contributed by atoms with E-state index in [9.17, 15) is 4.79 Å². The maximum Gasteiger partial charge on any atom is 0.163 e. The summed E-state index contributed by atoms with van der Waals surface area (Å²) in [6, 6.07) is 9.92. The van der Waals surface area contributed by atoms with Crippen molar-refractivity contribution in [3.8, 4) is 0 Å². The third-order valence-electron chi connectivity index (χ3n) is 3.03. The molecule has 0 unspecified atom stereocenters. The molecule has 2 heteroatoms. The zero-order chi connectivity index (χ0) is 11.4. The minimum atomic E-state index is 0.192. The molecular formula is C14H17NO. The molecule has 1 atom stereocenters. The van der Waals surface area contributed by atoms with Crippen molar-refractivity contribution in [3.05, 3.63) is 42.1 Å². The molecule has 1 fully saturated rings. The zero-order valence-electron chi connectivity index (χ0n) is 9.57. The number of hydrogen-bond donors (Lipinski definition) is 1. The second-order valence-corrected chi connectivity index (χ2v) is 4.34. The number of Topliss-reactive ketones (excluding diaryl/α,β-unsaturated/α-hetero) is 1. The number of carbonyl (C=O) groups excluding carboxylic acids is 1. The van der Waals surface area contributed by atoms with Gasteiger partial charge in [0.15, 0.2) is 5.78 Å². The van der Waals surface area contributed by atoms with Crippen LogP contribution in [0.5, 0.6) is 0 Å². The molecule has 0 amide bonds. The van der Waals surface area contributed by atoms with E-state index in [1.165, 1.54) is 0 Å². The highest BCUT2D eigenvalue weighted by Crippen LogP contribution is 2.24. The number of carbonyl (C=O) groups is 1. The van der Waals surface area contributed by atoms with Gasteiger partial charge in [-0.15, -0.1) is 0 Å². The van der Waals surface area contributed by atoms with Gasteiger partial charge in [-0.2, -0.15) is 0 Å². The van der Waals surface area contributed by atoms with E-state index in [-0.39, 0.29) is 5.92 Å². The van der Waals surface area contributed by atoms with Crippen LogP contribution in [0.1, 0.15) is 26.2 Å². The first kappa shape index (κ1) is 10.9. The summed E-state index contributed by atoms with van der Waals surface area (Å²) in [6.45, 7) is 2.01. The molecule has 0 bridgehead atoms. The van der Waals surface area contributed by atoms with Gasteiger partial charge in [0.05, 0.1) is 0 Å². The van der Waals surface area contributed by atoms with E-state index in [1.807, 2.05) is 43.5 Å². The lowest BCUT2D eigenvalue weighted by atomic mass is 9.86. The van der Waals surface area contributed by atoms with Crippen LogP contribution in [-0.2, 0) is 4.79 Å². The fourth-order valence-corrected chi connectivity index (χ4v) is 2.02. The number of anilines is 1. The highest BCUT2D eigenvalue weighted by atomic mass is 16.1. The molecule has 0 saturated heterocycles. The minimum absolute atomic E-state index is 0.192. The number of para-hydroxylation sites is 1. The first-order valence-corrected chi connectivity index (χ1v) is 5.82. The Morgan fingerprint density at radius 2 is 2.06 bits per heavy atom. The van der Waals surface area contributed by atoms with Crippen molar-refractivity contribution in [2.24, 2.45) is 5.92 Å². The van der Waals surface area contributed by atoms with Gasteiger partial charge in [-0.05, 0) is 31.4 Å². The topological polar surface area (TPSA) is 29.1 Å². The molecule has 1 saturated carbocycles. The Kier molecular flexibility index (Phi) is 3.40. The molecule has 0 aromatic heterocycles. The van der Waals surface area contributed by atoms with E-state index < -0.39 is 0 Å². The third kappa shape index (κ3) is 2.51. The van der Waals surface area contributed by atoms with Crippen LogP contribution in [0.3, 0.4) is 0 Å². The van der Waals surface area contributed by atoms with Crippen molar-refractivity contribution in [3.63, 3.8) is 0 Å². The smallest absolute Gasteiger partial charge is 0.163 e. The predicted molar refractivity (Wildman–Crippen MR) is 66.2 cm³/mol. The molecule has 1 aliphatic rings. The van der Waals surface area contributed by atoms with E-state index in [4.69, 9.17) is 0 Å². The maximum atomic E-state index is 11.8. The van der Waals surface area contributed by atoms with Gasteiger partial charge >= 0.3 is 0 Å². The van der Waals surface area contributed by atoms with Gasteiger partial charge in [-0.1, -0.05) is 25.1 Å². The SMILES string of the molecule is C[C@@H]1CCC/C(=C/Nc2ccccc2)C1=O. The maximum absolute atomic E-state index is 11.8. The zero-order valence-corrected chi connectivity index (χ0v) is 9.57. The second-order valence-electron chi connectivity index (χ2n) is 4.34. The van der Waals surface area contributed by atoms with E-state index in [1.54, 1.807) is 0 Å². The van der Waals surface area contributed by atoms with Gasteiger partial charge in [0.2, 0.25) is 0 Å². The molecule has 0 heterocycles. The summed E-state index contributed by atoms with van der Waals surface area (Å²) in [6.07, 6.45) is 4.92. The molecule has 1 aromatic rings. The lowest BCUT2D eigenvalue weighted by Crippen LogP contribution is -2.19. The standard InChI is InChI=1S/C14H17NO/c1-11-6-5-7-12(14(11)16)10-15-13-8-3-2-4-9-13/h2-4,8-11,15H,5-7H2,1H3/b12-10-/t11-/m1/s1. The largest absolute Gasteiger partial charge is 0.361 e. The lowest BCUT2D eigenvalue weighted by molar-refractivity contribution is -0.119. The van der Waals surface area contributed by atoms with Crippen LogP contribution in [-0.4, -0.2) is 5.78 Å². The number of nitrogens with one attached hydrogen (secondary N) is 1. The highest BCUT2D eigenvalue weighted by molar-refractivity contribution is 5.97. The average molecular weight is 215 g/mol. The Balaban J connectivity index is 2.04. The van der Waals surface area contributed by atoms with Gasteiger partial charge in [0.25, 0.3) is 0 Å². The first-order valence-electron chi connectivity index (χ1n) is 5.82. The van der Waals surface area contributed by atoms with Crippen LogP contribution in [0.2, 0.25) is 0 Å². The normalized spacial score (nSPS) is 23.4. The number of ketones is 1. The van der Waals surface area contributed by atoms with Gasteiger partial charge in [0, 0.05) is 23.4 Å². The molecule has 1 aromatic carbocycles. The van der Waals surface area contributed by atoms with Crippen molar-refractivity contribution >= 4 is 11.5 Å². The summed E-state index contributed by atoms with van der Waals surface area (Å²) >= 11 is 0. The Hall–Kier alpha value is -1.57. The molecule has 1 N–H and O–H groups in total. The third-order valence-corrected chi connectivity index (χ3v) is 3.03. The Bertz CT molecular complexity index is 394. The van der Waals surface area contributed by atoms with Crippen LogP contribution in [0.4, 0.5) is 5.69 Å². The summed E-state index contributed by atoms with van der Waals surface area (Å²) < 4.78 is 0. The summed E-state index contributed by atoms with van der Waals surface area (Å²) in [4.78, 5) is 11.8. The number of benzene rings is 1. The minimum Gasteiger partial charge on any atom is -0.361 e. The van der Waals surface area contributed by atoms with Gasteiger partial charge in [0.1, 0.15) is 0 Å². The molecule has 0 spiro atoms. The Labute approximate surface area is 96.4 Å². The Morgan fingerprint density at radius 3 is 2.81 bits per heavy atom. The predicted octanol–water partition coefficient (Wildman–Crippen LogP) is 3.37. The molecule has 0 radical (unpaired) electrons. The number of allylic oxidation sites excluding steroid dienone is 1. The van der Waals surface area contributed by atoms with Crippen molar-refractivity contribution in [2.45, 2.75) is 26.2 Å². The molecule has 1 aliphatic carbocycles. The van der Waals surface area contributed by atoms with Crippen LogP contribution < -0.4 is 5.32 Å². The van der Waals surface area contributed by atoms with Gasteiger partial charge in [-0.3, -0.25) is 4.79 Å². The quantitative estimate of drug-likeness (QED) is 0.766. The van der Waals surface area contributed by atoms with Crippen molar-refractivity contribution in [1.29, 1.82) is 0 Å². The number of rotatable bonds is 2. The average Bonchev–Trinajstić information content (AvgIpc) is 2.32. The molecular weight excluding hydrogens is 198 g/mol. The monoisotopic (exact) mass is 215 g/mol. The fourth-order valence-electron chi connectivity index (χ4n) is 2.02. The summed E-state index contributed by atoms with van der Waals surface area (Å²) in [5, 5.41) is 3.18. The van der Waals surface area contributed by atoms with E-state index in [2.05, 4.69) is 5.32 Å². The molecule has 2 nitrogen and oxygen atoms in total. The molecule has 2 rings (SSSR count). The van der Waals surface area contributed by atoms with Crippen LogP contribution in [0.15, 0.2) is 42.1 Å². The molecule has 84 valence electrons. The van der Waals surface area contributed by atoms with Crippen LogP contribution in [0.25, 0.3) is 0 Å². The lowest BCUT2D eigenvalue weighted by Gasteiger charge is -2.19. The molecule has 16 heavy (non-hydrogen) atoms. The first-order chi connectivity index (χ1) is 7.77. The van der Waals surface area contributed by atoms with Gasteiger partial charge in [-0.25, -0.2) is 0 Å². The van der Waals surface area contributed by atoms with E-state index in [0.717, 1.165) is 30.5 Å². The van der Waals surface area contributed by atoms with Crippen molar-refractivity contribution < 1.29 is 4.79 Å². The summed E-state index contributed by atoms with van der Waals surface area (Å²) in [5.41, 5.74) is 1.96. The highest BCUT2D eigenvalue weighted by Gasteiger charge is 2.22. The van der Waals surface area contributed by atoms with E-state index >= 15 is 0 Å². The summed E-state index contributed by atoms with van der Waals surface area (Å²) in [7, 11) is 0. The van der Waals surface area contributed by atoms with E-state index in [0.29, 0.717) is 5.78 Å². The van der Waals surface area contributed by atoms with Gasteiger partial charge < -0.3 is 5.32 Å². The van der Waals surface area contributed by atoms with Crippen molar-refractivity contribution in [1.82, 2.24) is 0 Å². The molecule has 0 aliphatic heterocycles. The summed E-state index contributed by atoms with van der Waals surface area (Å²) in [5.74, 6) is 0.493. The van der Waals surface area contributed by atoms with Crippen LogP contribution in [0, 0.1) is 5.92 Å². The fraction of sp³-hybridized carbons (Fsp3) is 0.357. The van der Waals surface area contributed by atoms with Crippen LogP contribution >= 0.6 is 0 Å². The number of hydrogen-bond acceptors (Lipinski definition) is 2. The van der Waals surface area contributed by atoms with Crippen molar-refractivity contribution in [2.75, 3.05) is 5.32 Å².